The van der Waals surface area contributed by atoms with Gasteiger partial charge in [-0.1, -0.05) is 51.1 Å². The lowest BCUT2D eigenvalue weighted by molar-refractivity contribution is -0.128. The van der Waals surface area contributed by atoms with Crippen LogP contribution in [0.3, 0.4) is 0 Å². The van der Waals surface area contributed by atoms with Gasteiger partial charge in [0, 0.05) is 36.8 Å². The highest BCUT2D eigenvalue weighted by Crippen LogP contribution is 2.52. The second-order valence-electron chi connectivity index (χ2n) is 12.4. The number of carbonyl (C=O) groups excluding carboxylic acids is 1. The summed E-state index contributed by atoms with van der Waals surface area (Å²) in [6.07, 6.45) is 7.38. The molecule has 1 aromatic carbocycles. The summed E-state index contributed by atoms with van der Waals surface area (Å²) >= 11 is 0. The van der Waals surface area contributed by atoms with Crippen LogP contribution >= 0.6 is 0 Å². The molecule has 0 bridgehead atoms. The Kier molecular flexibility index (Phi) is 7.24. The zero-order valence-electron chi connectivity index (χ0n) is 23.0. The molecule has 3 aliphatic rings. The molecule has 4 rings (SSSR count). The standard InChI is InChI=1S/C30H43N3O3/c1-21(2)22-8-10-25(11-9-22)30(35,29(6)19-32(7)20-29)26-16-24(23-12-14-31-15-13-23)17-33(18-26)27(34)36-28(3,4)5/h8-11,14,16,18,21,23,35H,12-13,15,17,19-20H2,1-7H3. The van der Waals surface area contributed by atoms with Gasteiger partial charge in [-0.25, -0.2) is 4.79 Å². The van der Waals surface area contributed by atoms with E-state index in [1.165, 1.54) is 5.56 Å². The highest BCUT2D eigenvalue weighted by atomic mass is 16.6. The van der Waals surface area contributed by atoms with Gasteiger partial charge in [-0.05, 0) is 75.4 Å². The van der Waals surface area contributed by atoms with Crippen molar-refractivity contribution in [3.05, 3.63) is 58.8 Å². The highest BCUT2D eigenvalue weighted by Gasteiger charge is 2.56. The molecule has 3 heterocycles. The summed E-state index contributed by atoms with van der Waals surface area (Å²) in [4.78, 5) is 21.6. The summed E-state index contributed by atoms with van der Waals surface area (Å²) in [5, 5.41) is 12.7. The summed E-state index contributed by atoms with van der Waals surface area (Å²) in [5.74, 6) is 0.703. The van der Waals surface area contributed by atoms with Crippen molar-refractivity contribution in [3.8, 4) is 0 Å². The number of nitrogens with zero attached hydrogens (tertiary/aromatic N) is 3. The van der Waals surface area contributed by atoms with Crippen LogP contribution in [-0.2, 0) is 10.3 Å². The van der Waals surface area contributed by atoms with Gasteiger partial charge in [0.25, 0.3) is 0 Å². The smallest absolute Gasteiger partial charge is 0.414 e. The maximum absolute atomic E-state index is 13.3. The van der Waals surface area contributed by atoms with Crippen molar-refractivity contribution >= 4 is 12.3 Å². The van der Waals surface area contributed by atoms with Gasteiger partial charge in [-0.3, -0.25) is 9.89 Å². The van der Waals surface area contributed by atoms with Gasteiger partial charge in [0.15, 0.2) is 0 Å². The Balaban J connectivity index is 1.82. The number of rotatable bonds is 5. The maximum atomic E-state index is 13.3. The van der Waals surface area contributed by atoms with Crippen LogP contribution in [-0.4, -0.2) is 66.0 Å². The van der Waals surface area contributed by atoms with Gasteiger partial charge < -0.3 is 14.7 Å². The molecule has 0 aliphatic carbocycles. The van der Waals surface area contributed by atoms with Crippen molar-refractivity contribution in [1.82, 2.24) is 9.80 Å². The van der Waals surface area contributed by atoms with E-state index in [1.54, 1.807) is 4.90 Å². The van der Waals surface area contributed by atoms with Crippen LogP contribution in [0, 0.1) is 11.3 Å². The van der Waals surface area contributed by atoms with Gasteiger partial charge in [0.1, 0.15) is 11.2 Å². The Morgan fingerprint density at radius 1 is 1.19 bits per heavy atom. The molecule has 3 aliphatic heterocycles. The summed E-state index contributed by atoms with van der Waals surface area (Å²) in [6.45, 7) is 14.9. The zero-order chi connectivity index (χ0) is 26.3. The number of hydrogen-bond donors (Lipinski definition) is 1. The van der Waals surface area contributed by atoms with E-state index in [0.717, 1.165) is 49.2 Å². The van der Waals surface area contributed by atoms with E-state index < -0.39 is 16.6 Å². The Bertz CT molecular complexity index is 1060. The largest absolute Gasteiger partial charge is 0.443 e. The molecular weight excluding hydrogens is 450 g/mol. The number of hydrogen-bond acceptors (Lipinski definition) is 5. The molecule has 6 nitrogen and oxygen atoms in total. The average molecular weight is 494 g/mol. The fourth-order valence-corrected chi connectivity index (χ4v) is 5.90. The number of aliphatic imine (C=N–C) groups is 1. The summed E-state index contributed by atoms with van der Waals surface area (Å²) in [5.41, 5.74) is 1.74. The summed E-state index contributed by atoms with van der Waals surface area (Å²) < 4.78 is 5.76. The third kappa shape index (κ3) is 5.16. The lowest BCUT2D eigenvalue weighted by Gasteiger charge is -2.56. The second-order valence-corrected chi connectivity index (χ2v) is 12.4. The average Bonchev–Trinajstić information content (AvgIpc) is 2.81. The molecule has 1 fully saturated rings. The first-order valence-corrected chi connectivity index (χ1v) is 13.2. The molecular formula is C30H43N3O3. The van der Waals surface area contributed by atoms with E-state index in [1.807, 2.05) is 33.2 Å². The highest BCUT2D eigenvalue weighted by molar-refractivity contribution is 5.71. The molecule has 0 aromatic heterocycles. The normalized spacial score (nSPS) is 24.0. The van der Waals surface area contributed by atoms with Crippen molar-refractivity contribution in [2.24, 2.45) is 16.3 Å². The molecule has 1 N–H and O–H groups in total. The number of carbonyl (C=O) groups is 1. The number of aliphatic hydroxyl groups is 1. The van der Waals surface area contributed by atoms with Crippen LogP contribution in [0.1, 0.15) is 71.4 Å². The quantitative estimate of drug-likeness (QED) is 0.589. The first-order valence-electron chi connectivity index (χ1n) is 13.2. The van der Waals surface area contributed by atoms with Crippen molar-refractivity contribution in [3.63, 3.8) is 0 Å². The van der Waals surface area contributed by atoms with Crippen LogP contribution in [0.15, 0.2) is 52.7 Å². The van der Waals surface area contributed by atoms with Crippen molar-refractivity contribution < 1.29 is 14.6 Å². The van der Waals surface area contributed by atoms with E-state index in [-0.39, 0.29) is 6.09 Å². The third-order valence-corrected chi connectivity index (χ3v) is 7.79. The van der Waals surface area contributed by atoms with Crippen LogP contribution in [0.25, 0.3) is 0 Å². The molecule has 0 saturated carbocycles. The van der Waals surface area contributed by atoms with Crippen LogP contribution < -0.4 is 0 Å². The molecule has 1 amide bonds. The Morgan fingerprint density at radius 2 is 1.86 bits per heavy atom. The van der Waals surface area contributed by atoms with Crippen LogP contribution in [0.2, 0.25) is 0 Å². The van der Waals surface area contributed by atoms with Gasteiger partial charge in [-0.2, -0.15) is 0 Å². The topological polar surface area (TPSA) is 65.4 Å². The Hall–Kier alpha value is -2.44. The minimum absolute atomic E-state index is 0.292. The third-order valence-electron chi connectivity index (χ3n) is 7.79. The summed E-state index contributed by atoms with van der Waals surface area (Å²) in [6, 6.07) is 8.36. The maximum Gasteiger partial charge on any atom is 0.414 e. The zero-order valence-corrected chi connectivity index (χ0v) is 23.0. The fraction of sp³-hybridized carbons (Fsp3) is 0.600. The van der Waals surface area contributed by atoms with E-state index >= 15 is 0 Å². The predicted octanol–water partition coefficient (Wildman–Crippen LogP) is 5.49. The molecule has 2 atom stereocenters. The first-order chi connectivity index (χ1) is 16.8. The lowest BCUT2D eigenvalue weighted by Crippen LogP contribution is -2.64. The molecule has 0 spiro atoms. The number of likely N-dealkylation sites (tertiary alicyclic amines) is 1. The number of amides is 1. The second kappa shape index (κ2) is 9.79. The number of benzene rings is 1. The van der Waals surface area contributed by atoms with E-state index in [9.17, 15) is 9.90 Å². The van der Waals surface area contributed by atoms with Gasteiger partial charge >= 0.3 is 6.09 Å². The monoisotopic (exact) mass is 493 g/mol. The molecule has 2 unspecified atom stereocenters. The van der Waals surface area contributed by atoms with E-state index in [0.29, 0.717) is 18.4 Å². The molecule has 36 heavy (non-hydrogen) atoms. The SMILES string of the molecule is CC(C)c1ccc(C(O)(C2=CN(C(=O)OC(C)(C)C)CC(C3CC=NCC3)=C2)C2(C)CN(C)C2)cc1. The minimum atomic E-state index is -1.26. The molecule has 0 radical (unpaired) electrons. The van der Waals surface area contributed by atoms with Crippen molar-refractivity contribution in [2.45, 2.75) is 71.5 Å². The summed E-state index contributed by atoms with van der Waals surface area (Å²) in [7, 11) is 2.08. The van der Waals surface area contributed by atoms with Crippen LogP contribution in [0.4, 0.5) is 4.79 Å². The molecule has 6 heteroatoms. The van der Waals surface area contributed by atoms with Gasteiger partial charge in [0.05, 0.1) is 6.54 Å². The van der Waals surface area contributed by atoms with Gasteiger partial charge in [-0.15, -0.1) is 0 Å². The van der Waals surface area contributed by atoms with Crippen LogP contribution in [0.5, 0.6) is 0 Å². The molecule has 1 saturated heterocycles. The molecule has 196 valence electrons. The first kappa shape index (κ1) is 26.6. The van der Waals surface area contributed by atoms with Crippen molar-refractivity contribution in [2.75, 3.05) is 33.2 Å². The van der Waals surface area contributed by atoms with E-state index in [2.05, 4.69) is 68.1 Å². The Labute approximate surface area is 216 Å². The van der Waals surface area contributed by atoms with E-state index in [4.69, 9.17) is 4.74 Å². The van der Waals surface area contributed by atoms with Crippen molar-refractivity contribution in [1.29, 1.82) is 0 Å². The van der Waals surface area contributed by atoms with Gasteiger partial charge in [0.2, 0.25) is 0 Å². The minimum Gasteiger partial charge on any atom is -0.443 e. The number of ether oxygens (including phenoxy) is 1. The molecule has 1 aromatic rings. The Morgan fingerprint density at radius 3 is 2.39 bits per heavy atom. The lowest BCUT2D eigenvalue weighted by atomic mass is 9.61. The fourth-order valence-electron chi connectivity index (χ4n) is 5.90. The predicted molar refractivity (Wildman–Crippen MR) is 145 cm³/mol.